The number of hydrogen-bond donors (Lipinski definition) is 1. The van der Waals surface area contributed by atoms with Crippen molar-refractivity contribution in [3.63, 3.8) is 0 Å². The predicted octanol–water partition coefficient (Wildman–Crippen LogP) is 3.25. The van der Waals surface area contributed by atoms with Gasteiger partial charge in [-0.1, -0.05) is 42.5 Å². The fourth-order valence-corrected chi connectivity index (χ4v) is 2.74. The van der Waals surface area contributed by atoms with Crippen molar-refractivity contribution in [1.82, 2.24) is 5.32 Å². The van der Waals surface area contributed by atoms with E-state index in [-0.39, 0.29) is 12.1 Å². The lowest BCUT2D eigenvalue weighted by molar-refractivity contribution is 0.0336. The summed E-state index contributed by atoms with van der Waals surface area (Å²) in [5.41, 5.74) is 4.04. The van der Waals surface area contributed by atoms with Crippen molar-refractivity contribution >= 4 is 5.97 Å². The summed E-state index contributed by atoms with van der Waals surface area (Å²) in [6, 6.07) is 15.7. The zero-order chi connectivity index (χ0) is 14.7. The van der Waals surface area contributed by atoms with Gasteiger partial charge in [-0.25, -0.2) is 4.79 Å². The first-order valence-electron chi connectivity index (χ1n) is 7.33. The van der Waals surface area contributed by atoms with Crippen LogP contribution in [-0.4, -0.2) is 12.5 Å². The number of ether oxygens (including phenoxy) is 1. The molecule has 0 aromatic heterocycles. The molecule has 0 aliphatic carbocycles. The molecule has 1 unspecified atom stereocenters. The lowest BCUT2D eigenvalue weighted by atomic mass is 9.95. The van der Waals surface area contributed by atoms with E-state index in [1.54, 1.807) is 0 Å². The Morgan fingerprint density at radius 3 is 2.76 bits per heavy atom. The highest BCUT2D eigenvalue weighted by Gasteiger charge is 2.20. The fourth-order valence-electron chi connectivity index (χ4n) is 2.74. The third kappa shape index (κ3) is 2.98. The first-order valence-corrected chi connectivity index (χ1v) is 7.33. The van der Waals surface area contributed by atoms with Gasteiger partial charge < -0.3 is 10.1 Å². The number of fused-ring (bicyclic) bond motifs is 1. The second-order valence-corrected chi connectivity index (χ2v) is 5.33. The summed E-state index contributed by atoms with van der Waals surface area (Å²) in [5, 5.41) is 3.32. The molecule has 108 valence electrons. The van der Waals surface area contributed by atoms with Crippen molar-refractivity contribution in [2.45, 2.75) is 26.0 Å². The molecule has 1 N–H and O–H groups in total. The fraction of sp³-hybridized carbons (Fsp3) is 0.278. The topological polar surface area (TPSA) is 38.3 Å². The maximum Gasteiger partial charge on any atom is 0.339 e. The van der Waals surface area contributed by atoms with Crippen LogP contribution in [0.2, 0.25) is 0 Å². The van der Waals surface area contributed by atoms with Crippen LogP contribution in [0.25, 0.3) is 0 Å². The number of carbonyl (C=O) groups is 1. The average molecular weight is 281 g/mol. The van der Waals surface area contributed by atoms with Gasteiger partial charge in [0.25, 0.3) is 0 Å². The summed E-state index contributed by atoms with van der Waals surface area (Å²) in [6.45, 7) is 3.64. The van der Waals surface area contributed by atoms with Crippen molar-refractivity contribution in [1.29, 1.82) is 0 Å². The Kier molecular flexibility index (Phi) is 4.02. The zero-order valence-corrected chi connectivity index (χ0v) is 12.1. The molecule has 21 heavy (non-hydrogen) atoms. The second-order valence-electron chi connectivity index (χ2n) is 5.33. The molecule has 1 aliphatic heterocycles. The minimum absolute atomic E-state index is 0.231. The third-order valence-electron chi connectivity index (χ3n) is 3.91. The van der Waals surface area contributed by atoms with E-state index in [2.05, 4.69) is 11.4 Å². The maximum absolute atomic E-state index is 12.5. The average Bonchev–Trinajstić information content (AvgIpc) is 2.55. The van der Waals surface area contributed by atoms with Gasteiger partial charge in [-0.05, 0) is 42.6 Å². The summed E-state index contributed by atoms with van der Waals surface area (Å²) >= 11 is 0. The predicted molar refractivity (Wildman–Crippen MR) is 82.1 cm³/mol. The van der Waals surface area contributed by atoms with Gasteiger partial charge >= 0.3 is 5.97 Å². The van der Waals surface area contributed by atoms with Crippen LogP contribution in [-0.2, 0) is 17.7 Å². The Balaban J connectivity index is 1.80. The number of hydrogen-bond acceptors (Lipinski definition) is 3. The van der Waals surface area contributed by atoms with Gasteiger partial charge in [0.15, 0.2) is 0 Å². The van der Waals surface area contributed by atoms with Crippen LogP contribution >= 0.6 is 0 Å². The van der Waals surface area contributed by atoms with Crippen molar-refractivity contribution < 1.29 is 9.53 Å². The number of esters is 1. The number of nitrogens with one attached hydrogen (secondary N) is 1. The molecule has 3 nitrogen and oxygen atoms in total. The molecule has 0 fully saturated rings. The molecule has 2 aromatic rings. The molecule has 0 amide bonds. The normalized spacial score (nSPS) is 15.1. The van der Waals surface area contributed by atoms with Crippen molar-refractivity contribution in [3.05, 3.63) is 70.8 Å². The quantitative estimate of drug-likeness (QED) is 0.878. The molecule has 1 atom stereocenters. The van der Waals surface area contributed by atoms with Crippen molar-refractivity contribution in [2.24, 2.45) is 0 Å². The van der Waals surface area contributed by atoms with Crippen LogP contribution in [0.4, 0.5) is 0 Å². The van der Waals surface area contributed by atoms with E-state index in [1.165, 1.54) is 5.56 Å². The molecule has 0 spiro atoms. The third-order valence-corrected chi connectivity index (χ3v) is 3.91. The van der Waals surface area contributed by atoms with Gasteiger partial charge in [0, 0.05) is 6.54 Å². The monoisotopic (exact) mass is 281 g/mol. The molecule has 3 heteroatoms. The first kappa shape index (κ1) is 13.8. The van der Waals surface area contributed by atoms with Gasteiger partial charge in [-0.3, -0.25) is 0 Å². The number of benzene rings is 2. The highest BCUT2D eigenvalue weighted by atomic mass is 16.5. The lowest BCUT2D eigenvalue weighted by Gasteiger charge is -2.21. The van der Waals surface area contributed by atoms with Gasteiger partial charge in [-0.15, -0.1) is 0 Å². The van der Waals surface area contributed by atoms with Crippen LogP contribution in [0.3, 0.4) is 0 Å². The largest absolute Gasteiger partial charge is 0.454 e. The minimum atomic E-state index is -0.240. The molecule has 0 saturated heterocycles. The minimum Gasteiger partial charge on any atom is -0.454 e. The van der Waals surface area contributed by atoms with Crippen LogP contribution in [0, 0.1) is 0 Å². The van der Waals surface area contributed by atoms with E-state index in [4.69, 9.17) is 4.74 Å². The SMILES string of the molecule is CC(OC(=O)c1cccc2c1CCNC2)c1ccccc1. The van der Waals surface area contributed by atoms with Gasteiger partial charge in [-0.2, -0.15) is 0 Å². The summed E-state index contributed by atoms with van der Waals surface area (Å²) in [5.74, 6) is -0.231. The van der Waals surface area contributed by atoms with Crippen LogP contribution in [0.5, 0.6) is 0 Å². The second kappa shape index (κ2) is 6.10. The molecule has 1 heterocycles. The van der Waals surface area contributed by atoms with Crippen LogP contribution < -0.4 is 5.32 Å². The summed E-state index contributed by atoms with van der Waals surface area (Å²) in [4.78, 5) is 12.5. The molecule has 2 aromatic carbocycles. The maximum atomic E-state index is 12.5. The molecule has 0 bridgehead atoms. The molecular weight excluding hydrogens is 262 g/mol. The Hall–Kier alpha value is -2.13. The smallest absolute Gasteiger partial charge is 0.339 e. The molecule has 1 aliphatic rings. The van der Waals surface area contributed by atoms with E-state index in [9.17, 15) is 4.79 Å². The molecule has 0 saturated carbocycles. The molecular formula is C18H19NO2. The highest BCUT2D eigenvalue weighted by molar-refractivity contribution is 5.91. The summed E-state index contributed by atoms with van der Waals surface area (Å²) in [6.07, 6.45) is 0.636. The van der Waals surface area contributed by atoms with Crippen molar-refractivity contribution in [3.8, 4) is 0 Å². The van der Waals surface area contributed by atoms with E-state index < -0.39 is 0 Å². The van der Waals surface area contributed by atoms with Crippen molar-refractivity contribution in [2.75, 3.05) is 6.54 Å². The Bertz CT molecular complexity index is 637. The van der Waals surface area contributed by atoms with E-state index in [1.807, 2.05) is 49.4 Å². The van der Waals surface area contributed by atoms with Gasteiger partial charge in [0.1, 0.15) is 6.10 Å². The summed E-state index contributed by atoms with van der Waals surface area (Å²) in [7, 11) is 0. The number of carbonyl (C=O) groups excluding carboxylic acids is 1. The van der Waals surface area contributed by atoms with Gasteiger partial charge in [0.05, 0.1) is 5.56 Å². The van der Waals surface area contributed by atoms with Crippen LogP contribution in [0.15, 0.2) is 48.5 Å². The highest BCUT2D eigenvalue weighted by Crippen LogP contribution is 2.23. The van der Waals surface area contributed by atoms with Gasteiger partial charge in [0.2, 0.25) is 0 Å². The van der Waals surface area contributed by atoms with E-state index in [0.29, 0.717) is 5.56 Å². The summed E-state index contributed by atoms with van der Waals surface area (Å²) < 4.78 is 5.63. The Labute approximate surface area is 124 Å². The lowest BCUT2D eigenvalue weighted by Crippen LogP contribution is -2.26. The van der Waals surface area contributed by atoms with E-state index in [0.717, 1.165) is 30.6 Å². The first-order chi connectivity index (χ1) is 10.3. The molecule has 0 radical (unpaired) electrons. The van der Waals surface area contributed by atoms with Crippen LogP contribution in [0.1, 0.15) is 40.1 Å². The van der Waals surface area contributed by atoms with E-state index >= 15 is 0 Å². The Morgan fingerprint density at radius 1 is 1.14 bits per heavy atom. The standard InChI is InChI=1S/C18H19NO2/c1-13(14-6-3-2-4-7-14)21-18(20)17-9-5-8-15-12-19-11-10-16(15)17/h2-9,13,19H,10-12H2,1H3. The zero-order valence-electron chi connectivity index (χ0n) is 12.1. The number of rotatable bonds is 3. The Morgan fingerprint density at radius 2 is 1.95 bits per heavy atom. The molecule has 3 rings (SSSR count).